The second kappa shape index (κ2) is 37.2. The largest absolute Gasteiger partial charge is 0.480 e. The Morgan fingerprint density at radius 2 is 0.943 bits per heavy atom. The Labute approximate surface area is 322 Å². The summed E-state index contributed by atoms with van der Waals surface area (Å²) in [4.78, 5) is 45.8. The van der Waals surface area contributed by atoms with Crippen LogP contribution < -0.4 is 5.73 Å². The summed E-state index contributed by atoms with van der Waals surface area (Å²) in [6.07, 6.45) is 35.7. The number of unbranched alkanes of at least 4 members (excludes halogenated alkanes) is 24. The molecule has 0 spiro atoms. The van der Waals surface area contributed by atoms with E-state index < -0.39 is 51.1 Å². The number of carboxylic acid groups (broad SMARTS) is 1. The highest BCUT2D eigenvalue weighted by atomic mass is 31.2. The second-order valence-electron chi connectivity index (χ2n) is 14.5. The number of phosphoric acid groups is 1. The van der Waals surface area contributed by atoms with Crippen molar-refractivity contribution in [2.45, 2.75) is 212 Å². The minimum Gasteiger partial charge on any atom is -0.480 e. The number of allylic oxidation sites excluding steroid dienone is 2. The average molecular weight is 776 g/mol. The number of carbonyl (C=O) groups is 3. The van der Waals surface area contributed by atoms with Crippen LogP contribution in [0.1, 0.15) is 200 Å². The van der Waals surface area contributed by atoms with Crippen molar-refractivity contribution in [2.75, 3.05) is 19.8 Å². The van der Waals surface area contributed by atoms with E-state index in [-0.39, 0.29) is 19.4 Å². The molecular weight excluding hydrogens is 697 g/mol. The molecule has 0 fully saturated rings. The van der Waals surface area contributed by atoms with Crippen molar-refractivity contribution in [1.82, 2.24) is 0 Å². The Balaban J connectivity index is 4.27. The molecule has 0 bridgehead atoms. The molecule has 0 radical (unpaired) electrons. The van der Waals surface area contributed by atoms with Gasteiger partial charge >= 0.3 is 25.7 Å². The maximum atomic E-state index is 12.5. The molecule has 12 heteroatoms. The third kappa shape index (κ3) is 36.9. The molecule has 0 aliphatic heterocycles. The van der Waals surface area contributed by atoms with Gasteiger partial charge in [0, 0.05) is 12.8 Å². The van der Waals surface area contributed by atoms with Crippen molar-refractivity contribution in [3.63, 3.8) is 0 Å². The van der Waals surface area contributed by atoms with Gasteiger partial charge in [0.05, 0.1) is 13.2 Å². The maximum Gasteiger partial charge on any atom is 0.472 e. The molecule has 11 nitrogen and oxygen atoms in total. The Hall–Kier alpha value is -1.78. The first kappa shape index (κ1) is 51.2. The fraction of sp³-hybridized carbons (Fsp3) is 0.878. The van der Waals surface area contributed by atoms with Gasteiger partial charge in [-0.05, 0) is 38.5 Å². The summed E-state index contributed by atoms with van der Waals surface area (Å²) in [6, 6.07) is -1.52. The van der Waals surface area contributed by atoms with E-state index >= 15 is 0 Å². The standard InChI is InChI=1S/C41H78NO10P/c1-3-5-7-9-11-13-15-16-17-18-19-20-21-22-23-25-26-28-30-32-39(43)49-34-37(35-50-53(47,48)51-36-38(42)41(45)46)52-40(44)33-31-29-27-24-14-12-10-8-6-4-2/h16-17,37-38H,3-15,18-36,42H2,1-2H3,(H,45,46)(H,47,48)/b17-16+/t37-,38+/m0/s1. The number of ether oxygens (including phenoxy) is 2. The number of nitrogens with two attached hydrogens (primary N) is 1. The van der Waals surface area contributed by atoms with Crippen molar-refractivity contribution < 1.29 is 47.5 Å². The first-order chi connectivity index (χ1) is 25.6. The van der Waals surface area contributed by atoms with Crippen LogP contribution in [0.2, 0.25) is 0 Å². The van der Waals surface area contributed by atoms with Gasteiger partial charge in [0.15, 0.2) is 6.10 Å². The number of hydrogen-bond donors (Lipinski definition) is 3. The number of carboxylic acids is 1. The molecule has 312 valence electrons. The third-order valence-corrected chi connectivity index (χ3v) is 10.2. The predicted molar refractivity (Wildman–Crippen MR) is 213 cm³/mol. The highest BCUT2D eigenvalue weighted by molar-refractivity contribution is 7.47. The highest BCUT2D eigenvalue weighted by Crippen LogP contribution is 2.43. The molecule has 0 rings (SSSR count). The van der Waals surface area contributed by atoms with E-state index in [2.05, 4.69) is 30.5 Å². The Morgan fingerprint density at radius 1 is 0.566 bits per heavy atom. The Bertz CT molecular complexity index is 963. The van der Waals surface area contributed by atoms with Gasteiger partial charge in [0.2, 0.25) is 0 Å². The Morgan fingerprint density at radius 3 is 1.38 bits per heavy atom. The summed E-state index contributed by atoms with van der Waals surface area (Å²) in [5.41, 5.74) is 5.32. The van der Waals surface area contributed by atoms with Gasteiger partial charge in [-0.25, -0.2) is 4.57 Å². The van der Waals surface area contributed by atoms with Crippen molar-refractivity contribution in [3.8, 4) is 0 Å². The zero-order valence-corrected chi connectivity index (χ0v) is 34.5. The van der Waals surface area contributed by atoms with E-state index in [0.29, 0.717) is 12.8 Å². The lowest BCUT2D eigenvalue weighted by atomic mass is 10.1. The number of rotatable bonds is 40. The SMILES string of the molecule is CCCCCCCC/C=C/CCCCCCCCCCCC(=O)OC[C@@H](COP(=O)(O)OC[C@@H](N)C(=O)O)OC(=O)CCCCCCCCCCCC. The second-order valence-corrected chi connectivity index (χ2v) is 15.9. The molecule has 0 saturated carbocycles. The molecule has 0 aromatic carbocycles. The van der Waals surface area contributed by atoms with Gasteiger partial charge in [-0.3, -0.25) is 23.4 Å². The van der Waals surface area contributed by atoms with Gasteiger partial charge in [-0.1, -0.05) is 161 Å². The third-order valence-electron chi connectivity index (χ3n) is 9.26. The summed E-state index contributed by atoms with van der Waals surface area (Å²) in [5, 5.41) is 8.87. The van der Waals surface area contributed by atoms with Crippen LogP contribution >= 0.6 is 7.82 Å². The minimum absolute atomic E-state index is 0.165. The van der Waals surface area contributed by atoms with Gasteiger partial charge in [0.1, 0.15) is 12.6 Å². The van der Waals surface area contributed by atoms with Crippen LogP contribution in [0.25, 0.3) is 0 Å². The lowest BCUT2D eigenvalue weighted by molar-refractivity contribution is -0.161. The fourth-order valence-electron chi connectivity index (χ4n) is 5.88. The van der Waals surface area contributed by atoms with Crippen LogP contribution in [0.3, 0.4) is 0 Å². The highest BCUT2D eigenvalue weighted by Gasteiger charge is 2.28. The summed E-state index contributed by atoms with van der Waals surface area (Å²) < 4.78 is 32.6. The summed E-state index contributed by atoms with van der Waals surface area (Å²) in [5.74, 6) is -2.37. The molecule has 0 aliphatic rings. The molecule has 0 heterocycles. The molecular formula is C41H78NO10P. The molecule has 0 amide bonds. The van der Waals surface area contributed by atoms with E-state index in [4.69, 9.17) is 24.8 Å². The summed E-state index contributed by atoms with van der Waals surface area (Å²) in [7, 11) is -4.70. The number of aliphatic carboxylic acids is 1. The lowest BCUT2D eigenvalue weighted by Crippen LogP contribution is -2.34. The monoisotopic (exact) mass is 776 g/mol. The number of carbonyl (C=O) groups excluding carboxylic acids is 2. The van der Waals surface area contributed by atoms with Gasteiger partial charge in [-0.2, -0.15) is 0 Å². The molecule has 0 aliphatic carbocycles. The fourth-order valence-corrected chi connectivity index (χ4v) is 6.66. The first-order valence-electron chi connectivity index (χ1n) is 21.2. The molecule has 53 heavy (non-hydrogen) atoms. The summed E-state index contributed by atoms with van der Waals surface area (Å²) >= 11 is 0. The number of esters is 2. The molecule has 0 aromatic heterocycles. The average Bonchev–Trinajstić information content (AvgIpc) is 3.13. The number of phosphoric ester groups is 1. The van der Waals surface area contributed by atoms with Crippen molar-refractivity contribution in [1.29, 1.82) is 0 Å². The van der Waals surface area contributed by atoms with Gasteiger partial charge < -0.3 is 25.2 Å². The lowest BCUT2D eigenvalue weighted by Gasteiger charge is -2.20. The maximum absolute atomic E-state index is 12.5. The van der Waals surface area contributed by atoms with Crippen LogP contribution in [0.4, 0.5) is 0 Å². The van der Waals surface area contributed by atoms with E-state index in [1.165, 1.54) is 122 Å². The van der Waals surface area contributed by atoms with Crippen LogP contribution in [-0.4, -0.2) is 59.9 Å². The molecule has 3 atom stereocenters. The zero-order valence-electron chi connectivity index (χ0n) is 33.6. The topological polar surface area (TPSA) is 172 Å². The summed E-state index contributed by atoms with van der Waals surface area (Å²) in [6.45, 7) is 2.79. The van der Waals surface area contributed by atoms with Crippen LogP contribution in [0.15, 0.2) is 12.2 Å². The molecule has 0 saturated heterocycles. The quantitative estimate of drug-likeness (QED) is 0.0234. The van der Waals surface area contributed by atoms with Crippen molar-refractivity contribution >= 4 is 25.7 Å². The zero-order chi connectivity index (χ0) is 39.3. The van der Waals surface area contributed by atoms with Crippen LogP contribution in [-0.2, 0) is 37.5 Å². The smallest absolute Gasteiger partial charge is 0.472 e. The van der Waals surface area contributed by atoms with E-state index in [0.717, 1.165) is 38.5 Å². The van der Waals surface area contributed by atoms with E-state index in [9.17, 15) is 23.8 Å². The van der Waals surface area contributed by atoms with E-state index in [1.54, 1.807) is 0 Å². The normalized spacial score (nSPS) is 13.9. The van der Waals surface area contributed by atoms with Crippen molar-refractivity contribution in [2.24, 2.45) is 5.73 Å². The van der Waals surface area contributed by atoms with Crippen molar-refractivity contribution in [3.05, 3.63) is 12.2 Å². The van der Waals surface area contributed by atoms with Crippen LogP contribution in [0, 0.1) is 0 Å². The molecule has 1 unspecified atom stereocenters. The number of hydrogen-bond acceptors (Lipinski definition) is 9. The minimum atomic E-state index is -4.70. The van der Waals surface area contributed by atoms with E-state index in [1.807, 2.05) is 0 Å². The van der Waals surface area contributed by atoms with Crippen LogP contribution in [0.5, 0.6) is 0 Å². The molecule has 0 aromatic rings. The Kier molecular flexibility index (Phi) is 35.9. The predicted octanol–water partition coefficient (Wildman–Crippen LogP) is 10.9. The van der Waals surface area contributed by atoms with Gasteiger partial charge in [-0.15, -0.1) is 0 Å². The first-order valence-corrected chi connectivity index (χ1v) is 22.7. The van der Waals surface area contributed by atoms with Gasteiger partial charge in [0.25, 0.3) is 0 Å². The molecule has 4 N–H and O–H groups in total.